The molecule has 0 aliphatic heterocycles. The Bertz CT molecular complexity index is 538. The standard InChI is InChI=1S/C13H12N4S/c14-9-13(15,11-4-2-1-3-5-11)10-18-12-8-16-6-7-17-12/h1-8H,10,15H2. The average molecular weight is 256 g/mol. The highest BCUT2D eigenvalue weighted by atomic mass is 32.2. The lowest BCUT2D eigenvalue weighted by Gasteiger charge is -2.21. The zero-order chi connectivity index (χ0) is 12.8. The maximum atomic E-state index is 9.29. The first-order valence-electron chi connectivity index (χ1n) is 5.39. The maximum absolute atomic E-state index is 9.29. The van der Waals surface area contributed by atoms with Crippen LogP contribution in [0, 0.1) is 11.3 Å². The van der Waals surface area contributed by atoms with Gasteiger partial charge in [-0.25, -0.2) is 4.98 Å². The number of hydrogen-bond acceptors (Lipinski definition) is 5. The number of rotatable bonds is 4. The van der Waals surface area contributed by atoms with Crippen LogP contribution in [0.3, 0.4) is 0 Å². The van der Waals surface area contributed by atoms with Crippen LogP contribution in [-0.2, 0) is 5.54 Å². The van der Waals surface area contributed by atoms with Gasteiger partial charge in [-0.05, 0) is 5.56 Å². The van der Waals surface area contributed by atoms with Crippen LogP contribution in [-0.4, -0.2) is 15.7 Å². The van der Waals surface area contributed by atoms with E-state index in [1.165, 1.54) is 11.8 Å². The Morgan fingerprint density at radius 1 is 1.28 bits per heavy atom. The molecule has 0 amide bonds. The van der Waals surface area contributed by atoms with Gasteiger partial charge in [-0.15, -0.1) is 11.8 Å². The van der Waals surface area contributed by atoms with Crippen molar-refractivity contribution in [3.63, 3.8) is 0 Å². The summed E-state index contributed by atoms with van der Waals surface area (Å²) in [5, 5.41) is 10.1. The number of nitrogens with zero attached hydrogens (tertiary/aromatic N) is 3. The van der Waals surface area contributed by atoms with E-state index in [-0.39, 0.29) is 0 Å². The highest BCUT2D eigenvalue weighted by Crippen LogP contribution is 2.25. The van der Waals surface area contributed by atoms with Crippen LogP contribution >= 0.6 is 11.8 Å². The minimum absolute atomic E-state index is 0.437. The fourth-order valence-corrected chi connectivity index (χ4v) is 2.34. The van der Waals surface area contributed by atoms with Crippen LogP contribution in [0.1, 0.15) is 5.56 Å². The predicted molar refractivity (Wildman–Crippen MR) is 70.7 cm³/mol. The van der Waals surface area contributed by atoms with Crippen LogP contribution in [0.15, 0.2) is 53.9 Å². The van der Waals surface area contributed by atoms with E-state index in [4.69, 9.17) is 5.73 Å². The Balaban J connectivity index is 2.13. The molecule has 1 atom stereocenters. The average Bonchev–Trinajstić information content (AvgIpc) is 2.47. The molecule has 0 saturated heterocycles. The van der Waals surface area contributed by atoms with E-state index in [0.29, 0.717) is 5.75 Å². The van der Waals surface area contributed by atoms with E-state index in [9.17, 15) is 5.26 Å². The lowest BCUT2D eigenvalue weighted by molar-refractivity contribution is 0.658. The number of benzene rings is 1. The van der Waals surface area contributed by atoms with Gasteiger partial charge in [0.05, 0.1) is 12.3 Å². The van der Waals surface area contributed by atoms with Crippen LogP contribution in [0.5, 0.6) is 0 Å². The van der Waals surface area contributed by atoms with Gasteiger partial charge in [0, 0.05) is 18.1 Å². The molecule has 2 aromatic rings. The Labute approximate surface area is 110 Å². The molecular formula is C13H12N4S. The van der Waals surface area contributed by atoms with Crippen LogP contribution < -0.4 is 5.73 Å². The van der Waals surface area contributed by atoms with Crippen LogP contribution in [0.2, 0.25) is 0 Å². The van der Waals surface area contributed by atoms with E-state index in [1.807, 2.05) is 30.3 Å². The third kappa shape index (κ3) is 2.86. The van der Waals surface area contributed by atoms with Crippen molar-refractivity contribution < 1.29 is 0 Å². The van der Waals surface area contributed by atoms with E-state index < -0.39 is 5.54 Å². The molecule has 0 aliphatic carbocycles. The fourth-order valence-electron chi connectivity index (χ4n) is 1.46. The molecule has 2 rings (SSSR count). The van der Waals surface area contributed by atoms with Crippen molar-refractivity contribution in [1.29, 1.82) is 5.26 Å². The Hall–Kier alpha value is -1.90. The zero-order valence-corrected chi connectivity index (χ0v) is 10.5. The summed E-state index contributed by atoms with van der Waals surface area (Å²) >= 11 is 1.43. The van der Waals surface area contributed by atoms with Gasteiger partial charge in [-0.2, -0.15) is 5.26 Å². The molecule has 1 aromatic heterocycles. The first-order chi connectivity index (χ1) is 8.74. The zero-order valence-electron chi connectivity index (χ0n) is 9.65. The molecule has 0 aliphatic rings. The lowest BCUT2D eigenvalue weighted by Crippen LogP contribution is -2.37. The second kappa shape index (κ2) is 5.63. The summed E-state index contributed by atoms with van der Waals surface area (Å²) in [6.45, 7) is 0. The molecule has 4 nitrogen and oxygen atoms in total. The molecule has 1 unspecified atom stereocenters. The molecule has 0 bridgehead atoms. The number of hydrogen-bond donors (Lipinski definition) is 1. The number of nitrogens with two attached hydrogens (primary N) is 1. The SMILES string of the molecule is N#CC(N)(CSc1cnccn1)c1ccccc1. The Kier molecular flexibility index (Phi) is 3.92. The fraction of sp³-hybridized carbons (Fsp3) is 0.154. The molecular weight excluding hydrogens is 244 g/mol. The van der Waals surface area contributed by atoms with Crippen molar-refractivity contribution in [2.75, 3.05) is 5.75 Å². The summed E-state index contributed by atoms with van der Waals surface area (Å²) in [7, 11) is 0. The Morgan fingerprint density at radius 3 is 2.67 bits per heavy atom. The van der Waals surface area contributed by atoms with Crippen molar-refractivity contribution in [3.05, 3.63) is 54.5 Å². The van der Waals surface area contributed by atoms with Gasteiger partial charge >= 0.3 is 0 Å². The largest absolute Gasteiger partial charge is 0.309 e. The van der Waals surface area contributed by atoms with Gasteiger partial charge < -0.3 is 5.73 Å². The minimum Gasteiger partial charge on any atom is -0.309 e. The summed E-state index contributed by atoms with van der Waals surface area (Å²) in [5.74, 6) is 0.437. The van der Waals surface area contributed by atoms with Gasteiger partial charge in [0.1, 0.15) is 10.6 Å². The van der Waals surface area contributed by atoms with Gasteiger partial charge in [-0.3, -0.25) is 4.98 Å². The monoisotopic (exact) mass is 256 g/mol. The molecule has 90 valence electrons. The van der Waals surface area contributed by atoms with E-state index in [1.54, 1.807) is 18.6 Å². The van der Waals surface area contributed by atoms with E-state index >= 15 is 0 Å². The van der Waals surface area contributed by atoms with Crippen molar-refractivity contribution in [2.45, 2.75) is 10.6 Å². The first kappa shape index (κ1) is 12.6. The van der Waals surface area contributed by atoms with Gasteiger partial charge in [0.2, 0.25) is 0 Å². The maximum Gasteiger partial charge on any atom is 0.139 e. The summed E-state index contributed by atoms with van der Waals surface area (Å²) in [6.07, 6.45) is 4.89. The summed E-state index contributed by atoms with van der Waals surface area (Å²) in [4.78, 5) is 8.12. The lowest BCUT2D eigenvalue weighted by atomic mass is 9.95. The van der Waals surface area contributed by atoms with Crippen LogP contribution in [0.25, 0.3) is 0 Å². The van der Waals surface area contributed by atoms with Crippen LogP contribution in [0.4, 0.5) is 0 Å². The van der Waals surface area contributed by atoms with Gasteiger partial charge in [0.25, 0.3) is 0 Å². The summed E-state index contributed by atoms with van der Waals surface area (Å²) < 4.78 is 0. The highest BCUT2D eigenvalue weighted by molar-refractivity contribution is 7.99. The number of thioether (sulfide) groups is 1. The van der Waals surface area contributed by atoms with Crippen molar-refractivity contribution in [3.8, 4) is 6.07 Å². The van der Waals surface area contributed by atoms with Crippen molar-refractivity contribution >= 4 is 11.8 Å². The highest BCUT2D eigenvalue weighted by Gasteiger charge is 2.27. The third-order valence-corrected chi connectivity index (χ3v) is 3.58. The number of nitriles is 1. The molecule has 5 heteroatoms. The van der Waals surface area contributed by atoms with Gasteiger partial charge in [0.15, 0.2) is 0 Å². The second-order valence-corrected chi connectivity index (χ2v) is 4.78. The quantitative estimate of drug-likeness (QED) is 0.846. The smallest absolute Gasteiger partial charge is 0.139 e. The molecule has 1 aromatic carbocycles. The predicted octanol–water partition coefficient (Wildman–Crippen LogP) is 1.95. The van der Waals surface area contributed by atoms with Gasteiger partial charge in [-0.1, -0.05) is 30.3 Å². The molecule has 2 N–H and O–H groups in total. The second-order valence-electron chi connectivity index (χ2n) is 3.78. The summed E-state index contributed by atoms with van der Waals surface area (Å²) in [5.41, 5.74) is 5.94. The molecule has 0 fully saturated rings. The molecule has 0 spiro atoms. The molecule has 18 heavy (non-hydrogen) atoms. The molecule has 1 heterocycles. The molecule has 0 radical (unpaired) electrons. The van der Waals surface area contributed by atoms with Crippen molar-refractivity contribution in [1.82, 2.24) is 9.97 Å². The normalized spacial score (nSPS) is 13.6. The van der Waals surface area contributed by atoms with E-state index in [0.717, 1.165) is 10.6 Å². The minimum atomic E-state index is -1.01. The first-order valence-corrected chi connectivity index (χ1v) is 6.38. The topological polar surface area (TPSA) is 75.6 Å². The van der Waals surface area contributed by atoms with E-state index in [2.05, 4.69) is 16.0 Å². The third-order valence-electron chi connectivity index (χ3n) is 2.48. The molecule has 0 saturated carbocycles. The number of aromatic nitrogens is 2. The van der Waals surface area contributed by atoms with Crippen molar-refractivity contribution in [2.24, 2.45) is 5.73 Å². The Morgan fingerprint density at radius 2 is 2.06 bits per heavy atom. The summed E-state index contributed by atoms with van der Waals surface area (Å²) in [6, 6.07) is 11.5.